The van der Waals surface area contributed by atoms with Crippen LogP contribution in [0.25, 0.3) is 6.08 Å². The molecule has 22 heavy (non-hydrogen) atoms. The molecule has 0 fully saturated rings. The standard InChI is InChI=1S/C15H13FN4O2/c16-12-4-1-10(2-5-12)9-14-11(7-8-22-14)3-6-13(21)15-17-19-20-18-15/h1-8,13,21H,9H2,(H,17,18,19,20). The second kappa shape index (κ2) is 6.31. The Balaban J connectivity index is 1.73. The third kappa shape index (κ3) is 3.26. The van der Waals surface area contributed by atoms with Crippen molar-refractivity contribution >= 4 is 6.08 Å². The van der Waals surface area contributed by atoms with E-state index in [1.807, 2.05) is 0 Å². The number of benzene rings is 1. The third-order valence-electron chi connectivity index (χ3n) is 3.14. The molecular weight excluding hydrogens is 287 g/mol. The number of furan rings is 1. The molecule has 0 bridgehead atoms. The van der Waals surface area contributed by atoms with Crippen molar-refractivity contribution in [2.45, 2.75) is 12.5 Å². The van der Waals surface area contributed by atoms with Gasteiger partial charge in [-0.15, -0.1) is 10.2 Å². The lowest BCUT2D eigenvalue weighted by Gasteiger charge is -2.01. The van der Waals surface area contributed by atoms with Gasteiger partial charge >= 0.3 is 0 Å². The van der Waals surface area contributed by atoms with Crippen molar-refractivity contribution in [2.75, 3.05) is 0 Å². The minimum absolute atomic E-state index is 0.194. The smallest absolute Gasteiger partial charge is 0.206 e. The molecule has 0 radical (unpaired) electrons. The molecular formula is C15H13FN4O2. The summed E-state index contributed by atoms with van der Waals surface area (Å²) in [6.45, 7) is 0. The van der Waals surface area contributed by atoms with Gasteiger partial charge in [-0.25, -0.2) is 4.39 Å². The van der Waals surface area contributed by atoms with Crippen LogP contribution in [0.4, 0.5) is 4.39 Å². The van der Waals surface area contributed by atoms with Crippen LogP contribution in [0, 0.1) is 5.82 Å². The van der Waals surface area contributed by atoms with E-state index in [1.54, 1.807) is 36.6 Å². The van der Waals surface area contributed by atoms with E-state index in [0.29, 0.717) is 6.42 Å². The number of hydrogen-bond donors (Lipinski definition) is 2. The summed E-state index contributed by atoms with van der Waals surface area (Å²) in [7, 11) is 0. The fourth-order valence-corrected chi connectivity index (χ4v) is 2.01. The van der Waals surface area contributed by atoms with Crippen molar-refractivity contribution in [1.82, 2.24) is 20.6 Å². The molecule has 0 saturated heterocycles. The van der Waals surface area contributed by atoms with Crippen LogP contribution in [-0.4, -0.2) is 25.7 Å². The molecule has 0 aliphatic rings. The lowest BCUT2D eigenvalue weighted by Crippen LogP contribution is -1.96. The molecule has 7 heteroatoms. The van der Waals surface area contributed by atoms with E-state index in [9.17, 15) is 9.50 Å². The number of hydrogen-bond acceptors (Lipinski definition) is 5. The van der Waals surface area contributed by atoms with Gasteiger partial charge in [-0.1, -0.05) is 23.4 Å². The van der Waals surface area contributed by atoms with Gasteiger partial charge in [0.05, 0.1) is 6.26 Å². The predicted molar refractivity (Wildman–Crippen MR) is 76.1 cm³/mol. The molecule has 3 rings (SSSR count). The summed E-state index contributed by atoms with van der Waals surface area (Å²) in [4.78, 5) is 0. The van der Waals surface area contributed by atoms with E-state index in [1.165, 1.54) is 12.1 Å². The van der Waals surface area contributed by atoms with Gasteiger partial charge in [-0.05, 0) is 29.8 Å². The summed E-state index contributed by atoms with van der Waals surface area (Å²) in [5, 5.41) is 23.0. The first-order chi connectivity index (χ1) is 10.7. The second-order valence-corrected chi connectivity index (χ2v) is 4.68. The molecule has 0 aliphatic carbocycles. The normalized spacial score (nSPS) is 12.8. The molecule has 0 saturated carbocycles. The number of tetrazole rings is 1. The molecule has 6 nitrogen and oxygen atoms in total. The zero-order valence-corrected chi connectivity index (χ0v) is 11.5. The number of nitrogens with zero attached hydrogens (tertiary/aromatic N) is 3. The first kappa shape index (κ1) is 14.2. The minimum atomic E-state index is -0.952. The van der Waals surface area contributed by atoms with E-state index in [4.69, 9.17) is 4.42 Å². The maximum Gasteiger partial charge on any atom is 0.206 e. The highest BCUT2D eigenvalue weighted by Crippen LogP contribution is 2.19. The highest BCUT2D eigenvalue weighted by molar-refractivity contribution is 5.52. The van der Waals surface area contributed by atoms with Gasteiger partial charge in [-0.3, -0.25) is 0 Å². The summed E-state index contributed by atoms with van der Waals surface area (Å²) >= 11 is 0. The predicted octanol–water partition coefficient (Wildman–Crippen LogP) is 2.27. The number of aliphatic hydroxyl groups excluding tert-OH is 1. The molecule has 0 amide bonds. The van der Waals surface area contributed by atoms with Crippen LogP contribution in [-0.2, 0) is 6.42 Å². The van der Waals surface area contributed by atoms with Crippen molar-refractivity contribution in [2.24, 2.45) is 0 Å². The number of nitrogens with one attached hydrogen (secondary N) is 1. The first-order valence-corrected chi connectivity index (χ1v) is 6.63. The Morgan fingerprint density at radius 3 is 2.82 bits per heavy atom. The average Bonchev–Trinajstić information content (AvgIpc) is 3.19. The molecule has 2 N–H and O–H groups in total. The first-order valence-electron chi connectivity index (χ1n) is 6.63. The monoisotopic (exact) mass is 300 g/mol. The molecule has 1 aromatic carbocycles. The van der Waals surface area contributed by atoms with E-state index in [0.717, 1.165) is 16.9 Å². The number of halogens is 1. The van der Waals surface area contributed by atoms with Crippen LogP contribution in [0.1, 0.15) is 28.8 Å². The summed E-state index contributed by atoms with van der Waals surface area (Å²) in [6, 6.07) is 8.03. The molecule has 0 aliphatic heterocycles. The van der Waals surface area contributed by atoms with Crippen molar-refractivity contribution in [3.63, 3.8) is 0 Å². The Labute approximate surface area is 125 Å². The van der Waals surface area contributed by atoms with Crippen LogP contribution in [0.5, 0.6) is 0 Å². The Kier molecular flexibility index (Phi) is 4.06. The molecule has 2 heterocycles. The van der Waals surface area contributed by atoms with Crippen molar-refractivity contribution in [3.8, 4) is 0 Å². The zero-order chi connectivity index (χ0) is 15.4. The van der Waals surface area contributed by atoms with E-state index >= 15 is 0 Å². The van der Waals surface area contributed by atoms with Gasteiger partial charge < -0.3 is 9.52 Å². The van der Waals surface area contributed by atoms with Gasteiger partial charge in [0.25, 0.3) is 0 Å². The van der Waals surface area contributed by atoms with Crippen molar-refractivity contribution in [1.29, 1.82) is 0 Å². The van der Waals surface area contributed by atoms with Gasteiger partial charge in [-0.2, -0.15) is 5.21 Å². The van der Waals surface area contributed by atoms with E-state index < -0.39 is 6.10 Å². The lowest BCUT2D eigenvalue weighted by molar-refractivity contribution is 0.219. The highest BCUT2D eigenvalue weighted by atomic mass is 19.1. The number of rotatable bonds is 5. The minimum Gasteiger partial charge on any atom is -0.468 e. The summed E-state index contributed by atoms with van der Waals surface area (Å²) in [5.41, 5.74) is 1.76. The Bertz CT molecular complexity index is 750. The number of aromatic amines is 1. The van der Waals surface area contributed by atoms with E-state index in [2.05, 4.69) is 20.6 Å². The number of aliphatic hydroxyl groups is 1. The highest BCUT2D eigenvalue weighted by Gasteiger charge is 2.10. The Morgan fingerprint density at radius 2 is 2.09 bits per heavy atom. The molecule has 3 aromatic rings. The Morgan fingerprint density at radius 1 is 1.27 bits per heavy atom. The Hall–Kier alpha value is -2.80. The largest absolute Gasteiger partial charge is 0.468 e. The molecule has 2 aromatic heterocycles. The fraction of sp³-hybridized carbons (Fsp3) is 0.133. The van der Waals surface area contributed by atoms with Gasteiger partial charge in [0.15, 0.2) is 0 Å². The van der Waals surface area contributed by atoms with Crippen LogP contribution in [0.3, 0.4) is 0 Å². The fourth-order valence-electron chi connectivity index (χ4n) is 2.01. The number of H-pyrrole nitrogens is 1. The number of aromatic nitrogens is 4. The summed E-state index contributed by atoms with van der Waals surface area (Å²) in [6.07, 6.45) is 4.42. The topological polar surface area (TPSA) is 87.8 Å². The maximum absolute atomic E-state index is 12.9. The van der Waals surface area contributed by atoms with Crippen molar-refractivity contribution < 1.29 is 13.9 Å². The average molecular weight is 300 g/mol. The van der Waals surface area contributed by atoms with Gasteiger partial charge in [0, 0.05) is 12.0 Å². The van der Waals surface area contributed by atoms with Crippen LogP contribution in [0.15, 0.2) is 47.1 Å². The maximum atomic E-state index is 12.9. The van der Waals surface area contributed by atoms with E-state index in [-0.39, 0.29) is 11.6 Å². The zero-order valence-electron chi connectivity index (χ0n) is 11.5. The SMILES string of the molecule is OC(C=Cc1ccoc1Cc1ccc(F)cc1)c1nn[nH]n1. The second-order valence-electron chi connectivity index (χ2n) is 4.68. The molecule has 1 atom stereocenters. The van der Waals surface area contributed by atoms with Gasteiger partial charge in [0.2, 0.25) is 5.82 Å². The molecule has 112 valence electrons. The summed E-state index contributed by atoms with van der Waals surface area (Å²) < 4.78 is 18.4. The third-order valence-corrected chi connectivity index (χ3v) is 3.14. The molecule has 1 unspecified atom stereocenters. The quantitative estimate of drug-likeness (QED) is 0.754. The molecule has 0 spiro atoms. The van der Waals surface area contributed by atoms with Crippen LogP contribution >= 0.6 is 0 Å². The summed E-state index contributed by atoms with van der Waals surface area (Å²) in [5.74, 6) is 0.648. The van der Waals surface area contributed by atoms with Crippen LogP contribution in [0.2, 0.25) is 0 Å². The van der Waals surface area contributed by atoms with Crippen LogP contribution < -0.4 is 0 Å². The van der Waals surface area contributed by atoms with Crippen molar-refractivity contribution in [3.05, 3.63) is 71.2 Å². The lowest BCUT2D eigenvalue weighted by atomic mass is 10.1. The van der Waals surface area contributed by atoms with Gasteiger partial charge in [0.1, 0.15) is 17.7 Å².